The van der Waals surface area contributed by atoms with Crippen LogP contribution in [-0.4, -0.2) is 5.78 Å². The standard InChI is InChI=1S/C11H10O2/c1-7-5-10-6-9(8(2)12)3-4-11(10)13-7/h3-6H,1-2H3. The summed E-state index contributed by atoms with van der Waals surface area (Å²) in [6, 6.07) is 7.41. The highest BCUT2D eigenvalue weighted by Gasteiger charge is 2.03. The van der Waals surface area contributed by atoms with Gasteiger partial charge in [0.2, 0.25) is 0 Å². The number of hydrogen-bond donors (Lipinski definition) is 0. The summed E-state index contributed by atoms with van der Waals surface area (Å²) in [5.74, 6) is 0.955. The van der Waals surface area contributed by atoms with E-state index in [0.717, 1.165) is 22.3 Å². The molecule has 0 saturated carbocycles. The predicted molar refractivity (Wildman–Crippen MR) is 51.0 cm³/mol. The fraction of sp³-hybridized carbons (Fsp3) is 0.182. The molecule has 2 heteroatoms. The Hall–Kier alpha value is -1.57. The van der Waals surface area contributed by atoms with Crippen LogP contribution >= 0.6 is 0 Å². The van der Waals surface area contributed by atoms with Gasteiger partial charge in [0.05, 0.1) is 0 Å². The van der Waals surface area contributed by atoms with E-state index in [4.69, 9.17) is 4.42 Å². The Morgan fingerprint density at radius 1 is 1.31 bits per heavy atom. The maximum absolute atomic E-state index is 11.1. The predicted octanol–water partition coefficient (Wildman–Crippen LogP) is 2.94. The Bertz CT molecular complexity index is 466. The summed E-state index contributed by atoms with van der Waals surface area (Å²) in [6.45, 7) is 3.46. The molecule has 0 unspecified atom stereocenters. The van der Waals surface area contributed by atoms with Crippen molar-refractivity contribution in [2.75, 3.05) is 0 Å². The van der Waals surface area contributed by atoms with E-state index in [-0.39, 0.29) is 5.78 Å². The van der Waals surface area contributed by atoms with Gasteiger partial charge in [-0.1, -0.05) is 0 Å². The normalized spacial score (nSPS) is 10.6. The molecule has 0 bridgehead atoms. The zero-order valence-corrected chi connectivity index (χ0v) is 7.63. The van der Waals surface area contributed by atoms with Gasteiger partial charge in [0.25, 0.3) is 0 Å². The van der Waals surface area contributed by atoms with Crippen LogP contribution in [0.2, 0.25) is 0 Å². The zero-order chi connectivity index (χ0) is 9.42. The monoisotopic (exact) mass is 174 g/mol. The first kappa shape index (κ1) is 8.05. The molecule has 0 amide bonds. The number of carbonyl (C=O) groups excluding carboxylic acids is 1. The molecule has 0 atom stereocenters. The topological polar surface area (TPSA) is 30.2 Å². The van der Waals surface area contributed by atoms with Crippen molar-refractivity contribution in [3.05, 3.63) is 35.6 Å². The second-order valence-electron chi connectivity index (χ2n) is 3.17. The second-order valence-corrected chi connectivity index (χ2v) is 3.17. The Morgan fingerprint density at radius 3 is 2.77 bits per heavy atom. The molecule has 0 aliphatic heterocycles. The number of Topliss-reactive ketones (excluding diaryl/α,β-unsaturated/α-hetero) is 1. The van der Waals surface area contributed by atoms with Gasteiger partial charge in [-0.2, -0.15) is 0 Å². The first-order valence-corrected chi connectivity index (χ1v) is 4.18. The molecular weight excluding hydrogens is 164 g/mol. The maximum Gasteiger partial charge on any atom is 0.159 e. The van der Waals surface area contributed by atoms with Gasteiger partial charge in [-0.15, -0.1) is 0 Å². The molecule has 1 aromatic heterocycles. The third-order valence-electron chi connectivity index (χ3n) is 2.05. The molecule has 1 heterocycles. The fourth-order valence-electron chi connectivity index (χ4n) is 1.40. The van der Waals surface area contributed by atoms with Crippen LogP contribution in [0.1, 0.15) is 23.0 Å². The summed E-state index contributed by atoms with van der Waals surface area (Å²) in [4.78, 5) is 11.1. The van der Waals surface area contributed by atoms with Gasteiger partial charge in [0.1, 0.15) is 11.3 Å². The fourth-order valence-corrected chi connectivity index (χ4v) is 1.40. The quantitative estimate of drug-likeness (QED) is 0.622. The van der Waals surface area contributed by atoms with E-state index < -0.39 is 0 Å². The van der Waals surface area contributed by atoms with Crippen molar-refractivity contribution in [3.63, 3.8) is 0 Å². The van der Waals surface area contributed by atoms with Crippen LogP contribution in [0.4, 0.5) is 0 Å². The van der Waals surface area contributed by atoms with E-state index in [2.05, 4.69) is 0 Å². The van der Waals surface area contributed by atoms with Crippen molar-refractivity contribution >= 4 is 16.8 Å². The molecule has 0 radical (unpaired) electrons. The Morgan fingerprint density at radius 2 is 2.08 bits per heavy atom. The van der Waals surface area contributed by atoms with Crippen molar-refractivity contribution in [1.29, 1.82) is 0 Å². The number of furan rings is 1. The third-order valence-corrected chi connectivity index (χ3v) is 2.05. The first-order valence-electron chi connectivity index (χ1n) is 4.18. The van der Waals surface area contributed by atoms with Gasteiger partial charge >= 0.3 is 0 Å². The molecule has 0 N–H and O–H groups in total. The van der Waals surface area contributed by atoms with Crippen LogP contribution in [0, 0.1) is 6.92 Å². The summed E-state index contributed by atoms with van der Waals surface area (Å²) in [6.07, 6.45) is 0. The molecule has 2 rings (SSSR count). The van der Waals surface area contributed by atoms with Gasteiger partial charge in [-0.25, -0.2) is 0 Å². The number of carbonyl (C=O) groups is 1. The van der Waals surface area contributed by atoms with E-state index in [0.29, 0.717) is 0 Å². The molecule has 0 aliphatic carbocycles. The highest BCUT2D eigenvalue weighted by Crippen LogP contribution is 2.20. The third kappa shape index (κ3) is 1.35. The SMILES string of the molecule is CC(=O)c1ccc2oc(C)cc2c1. The molecule has 13 heavy (non-hydrogen) atoms. The summed E-state index contributed by atoms with van der Waals surface area (Å²) in [7, 11) is 0. The smallest absolute Gasteiger partial charge is 0.159 e. The highest BCUT2D eigenvalue weighted by molar-refractivity contribution is 5.97. The minimum absolute atomic E-state index is 0.0840. The Kier molecular flexibility index (Phi) is 1.69. The molecule has 2 nitrogen and oxygen atoms in total. The van der Waals surface area contributed by atoms with Crippen LogP contribution in [0.3, 0.4) is 0 Å². The largest absolute Gasteiger partial charge is 0.461 e. The lowest BCUT2D eigenvalue weighted by molar-refractivity contribution is 0.101. The van der Waals surface area contributed by atoms with E-state index in [1.54, 1.807) is 13.0 Å². The van der Waals surface area contributed by atoms with Crippen LogP contribution in [-0.2, 0) is 0 Å². The van der Waals surface area contributed by atoms with E-state index in [9.17, 15) is 4.79 Å². The lowest BCUT2D eigenvalue weighted by Gasteiger charge is -1.93. The average Bonchev–Trinajstić information content (AvgIpc) is 2.42. The van der Waals surface area contributed by atoms with Gasteiger partial charge in [0.15, 0.2) is 5.78 Å². The van der Waals surface area contributed by atoms with E-state index in [1.165, 1.54) is 0 Å². The lowest BCUT2D eigenvalue weighted by atomic mass is 10.1. The van der Waals surface area contributed by atoms with Crippen LogP contribution in [0.5, 0.6) is 0 Å². The molecule has 0 spiro atoms. The molecule has 1 aromatic carbocycles. The number of benzene rings is 1. The van der Waals surface area contributed by atoms with Gasteiger partial charge in [-0.05, 0) is 38.1 Å². The van der Waals surface area contributed by atoms with Gasteiger partial charge < -0.3 is 4.42 Å². The molecule has 2 aromatic rings. The summed E-state index contributed by atoms with van der Waals surface area (Å²) in [5.41, 5.74) is 1.57. The van der Waals surface area contributed by atoms with Crippen LogP contribution in [0.25, 0.3) is 11.0 Å². The summed E-state index contributed by atoms with van der Waals surface area (Å²) >= 11 is 0. The van der Waals surface area contributed by atoms with E-state index >= 15 is 0 Å². The average molecular weight is 174 g/mol. The second kappa shape index (κ2) is 2.73. The Labute approximate surface area is 76.2 Å². The first-order chi connectivity index (χ1) is 6.16. The minimum Gasteiger partial charge on any atom is -0.461 e. The molecule has 0 saturated heterocycles. The molecule has 0 fully saturated rings. The van der Waals surface area contributed by atoms with Crippen molar-refractivity contribution < 1.29 is 9.21 Å². The molecule has 0 aliphatic rings. The summed E-state index contributed by atoms with van der Waals surface area (Å²) in [5, 5.41) is 0.991. The number of aryl methyl sites for hydroxylation is 1. The lowest BCUT2D eigenvalue weighted by Crippen LogP contribution is -1.89. The number of rotatable bonds is 1. The van der Waals surface area contributed by atoms with Gasteiger partial charge in [-0.3, -0.25) is 4.79 Å². The molecule has 66 valence electrons. The van der Waals surface area contributed by atoms with Crippen molar-refractivity contribution in [2.45, 2.75) is 13.8 Å². The minimum atomic E-state index is 0.0840. The Balaban J connectivity index is 2.67. The van der Waals surface area contributed by atoms with Crippen molar-refractivity contribution in [2.24, 2.45) is 0 Å². The van der Waals surface area contributed by atoms with Crippen LogP contribution in [0.15, 0.2) is 28.7 Å². The maximum atomic E-state index is 11.1. The number of fused-ring (bicyclic) bond motifs is 1. The highest BCUT2D eigenvalue weighted by atomic mass is 16.3. The van der Waals surface area contributed by atoms with E-state index in [1.807, 2.05) is 25.1 Å². The summed E-state index contributed by atoms with van der Waals surface area (Å²) < 4.78 is 5.39. The van der Waals surface area contributed by atoms with Gasteiger partial charge in [0, 0.05) is 10.9 Å². The van der Waals surface area contributed by atoms with Crippen molar-refractivity contribution in [3.8, 4) is 0 Å². The zero-order valence-electron chi connectivity index (χ0n) is 7.63. The molecular formula is C11H10O2. The van der Waals surface area contributed by atoms with Crippen molar-refractivity contribution in [1.82, 2.24) is 0 Å². The number of hydrogen-bond acceptors (Lipinski definition) is 2. The number of ketones is 1. The van der Waals surface area contributed by atoms with Crippen LogP contribution < -0.4 is 0 Å².